The highest BCUT2D eigenvalue weighted by molar-refractivity contribution is 7.91. The molecule has 0 bridgehead atoms. The lowest BCUT2D eigenvalue weighted by atomic mass is 10.00. The average molecular weight is 436 g/mol. The van der Waals surface area contributed by atoms with Crippen molar-refractivity contribution in [2.75, 3.05) is 25.2 Å². The first kappa shape index (κ1) is 22.3. The molecule has 1 aromatic carbocycles. The molecule has 3 atom stereocenters. The lowest BCUT2D eigenvalue weighted by Gasteiger charge is -2.21. The van der Waals surface area contributed by atoms with Gasteiger partial charge in [-0.3, -0.25) is 9.48 Å². The van der Waals surface area contributed by atoms with Crippen LogP contribution in [0.25, 0.3) is 11.3 Å². The smallest absolute Gasteiger partial charge is 0.272 e. The number of methoxy groups -OCH3 is 1. The predicted molar refractivity (Wildman–Crippen MR) is 114 cm³/mol. The highest BCUT2D eigenvalue weighted by Crippen LogP contribution is 2.31. The molecular formula is C21H29N3O5S. The van der Waals surface area contributed by atoms with Crippen LogP contribution in [0.2, 0.25) is 0 Å². The van der Waals surface area contributed by atoms with Gasteiger partial charge in [0.1, 0.15) is 5.75 Å². The van der Waals surface area contributed by atoms with Crippen molar-refractivity contribution in [3.8, 4) is 17.0 Å². The minimum atomic E-state index is -3.12. The number of hydrogen-bond donors (Lipinski definition) is 2. The molecule has 1 aromatic heterocycles. The van der Waals surface area contributed by atoms with E-state index in [9.17, 15) is 18.3 Å². The van der Waals surface area contributed by atoms with Crippen LogP contribution in [0.1, 0.15) is 43.2 Å². The molecule has 2 N–H and O–H groups in total. The summed E-state index contributed by atoms with van der Waals surface area (Å²) in [4.78, 5) is 12.8. The van der Waals surface area contributed by atoms with Crippen LogP contribution in [0.3, 0.4) is 0 Å². The molecule has 1 aliphatic rings. The second kappa shape index (κ2) is 9.18. The van der Waals surface area contributed by atoms with E-state index >= 15 is 0 Å². The van der Waals surface area contributed by atoms with Gasteiger partial charge in [0.2, 0.25) is 0 Å². The molecule has 2 heterocycles. The summed E-state index contributed by atoms with van der Waals surface area (Å²) < 4.78 is 30.9. The van der Waals surface area contributed by atoms with E-state index in [1.807, 2.05) is 38.1 Å². The number of carbonyl (C=O) groups is 1. The van der Waals surface area contributed by atoms with Crippen molar-refractivity contribution in [2.45, 2.75) is 38.8 Å². The van der Waals surface area contributed by atoms with E-state index in [4.69, 9.17) is 4.74 Å². The Morgan fingerprint density at radius 2 is 2.07 bits per heavy atom. The van der Waals surface area contributed by atoms with Gasteiger partial charge in [0.15, 0.2) is 15.5 Å². The highest BCUT2D eigenvalue weighted by Gasteiger charge is 2.32. The monoisotopic (exact) mass is 435 g/mol. The van der Waals surface area contributed by atoms with Crippen LogP contribution in [-0.2, 0) is 9.84 Å². The molecule has 1 amide bonds. The number of nitrogens with zero attached hydrogens (tertiary/aromatic N) is 2. The summed E-state index contributed by atoms with van der Waals surface area (Å²) in [5.41, 5.74) is 1.69. The summed E-state index contributed by atoms with van der Waals surface area (Å²) in [5, 5.41) is 16.9. The summed E-state index contributed by atoms with van der Waals surface area (Å²) in [6.07, 6.45) is 1.28. The Hall–Kier alpha value is -2.39. The minimum Gasteiger partial charge on any atom is -0.497 e. The Labute approximate surface area is 177 Å². The molecular weight excluding hydrogens is 406 g/mol. The Morgan fingerprint density at radius 1 is 1.37 bits per heavy atom. The van der Waals surface area contributed by atoms with Crippen molar-refractivity contribution in [3.05, 3.63) is 36.0 Å². The topological polar surface area (TPSA) is 111 Å². The van der Waals surface area contributed by atoms with Crippen LogP contribution in [0, 0.1) is 5.92 Å². The maximum absolute atomic E-state index is 12.8. The number of nitrogens with one attached hydrogen (secondary N) is 1. The van der Waals surface area contributed by atoms with Gasteiger partial charge in [0, 0.05) is 5.56 Å². The number of hydrogen-bond acceptors (Lipinski definition) is 6. The second-order valence-corrected chi connectivity index (χ2v) is 10.0. The first-order chi connectivity index (χ1) is 14.3. The van der Waals surface area contributed by atoms with E-state index in [0.717, 1.165) is 12.0 Å². The molecule has 9 heteroatoms. The number of sulfone groups is 1. The third-order valence-electron chi connectivity index (χ3n) is 5.75. The van der Waals surface area contributed by atoms with Crippen molar-refractivity contribution in [1.29, 1.82) is 0 Å². The first-order valence-corrected chi connectivity index (χ1v) is 12.0. The van der Waals surface area contributed by atoms with Crippen LogP contribution in [0.4, 0.5) is 0 Å². The average Bonchev–Trinajstić information content (AvgIpc) is 3.34. The molecule has 8 nitrogen and oxygen atoms in total. The third-order valence-corrected chi connectivity index (χ3v) is 7.50. The molecule has 2 aromatic rings. The number of benzene rings is 1. The summed E-state index contributed by atoms with van der Waals surface area (Å²) in [5.74, 6) is 0.545. The Morgan fingerprint density at radius 3 is 2.60 bits per heavy atom. The molecule has 164 valence electrons. The van der Waals surface area contributed by atoms with Crippen LogP contribution in [0.5, 0.6) is 5.75 Å². The van der Waals surface area contributed by atoms with Gasteiger partial charge < -0.3 is 15.2 Å². The highest BCUT2D eigenvalue weighted by atomic mass is 32.2. The zero-order valence-corrected chi connectivity index (χ0v) is 18.4. The summed E-state index contributed by atoms with van der Waals surface area (Å²) in [7, 11) is -1.53. The number of aliphatic hydroxyl groups is 1. The quantitative estimate of drug-likeness (QED) is 0.657. The largest absolute Gasteiger partial charge is 0.497 e. The van der Waals surface area contributed by atoms with Crippen LogP contribution in [0.15, 0.2) is 30.3 Å². The zero-order valence-electron chi connectivity index (χ0n) is 17.5. The van der Waals surface area contributed by atoms with Gasteiger partial charge >= 0.3 is 0 Å². The molecule has 0 aliphatic carbocycles. The van der Waals surface area contributed by atoms with Crippen molar-refractivity contribution < 1.29 is 23.1 Å². The van der Waals surface area contributed by atoms with E-state index in [2.05, 4.69) is 10.4 Å². The number of aliphatic hydroxyl groups excluding tert-OH is 1. The number of rotatable bonds is 8. The summed E-state index contributed by atoms with van der Waals surface area (Å²) in [6.45, 7) is 3.80. The van der Waals surface area contributed by atoms with Crippen molar-refractivity contribution >= 4 is 15.7 Å². The fourth-order valence-electron chi connectivity index (χ4n) is 3.62. The van der Waals surface area contributed by atoms with Crippen molar-refractivity contribution in [1.82, 2.24) is 15.1 Å². The van der Waals surface area contributed by atoms with Gasteiger partial charge in [-0.1, -0.05) is 20.3 Å². The Bertz CT molecular complexity index is 985. The summed E-state index contributed by atoms with van der Waals surface area (Å²) in [6, 6.07) is 8.30. The van der Waals surface area contributed by atoms with Crippen LogP contribution >= 0.6 is 0 Å². The van der Waals surface area contributed by atoms with Crippen molar-refractivity contribution in [2.24, 2.45) is 5.92 Å². The minimum absolute atomic E-state index is 0.00499. The van der Waals surface area contributed by atoms with Crippen molar-refractivity contribution in [3.63, 3.8) is 0 Å². The van der Waals surface area contributed by atoms with Gasteiger partial charge in [-0.15, -0.1) is 0 Å². The molecule has 0 unspecified atom stereocenters. The fourth-order valence-corrected chi connectivity index (χ4v) is 5.32. The molecule has 1 fully saturated rings. The second-order valence-electron chi connectivity index (χ2n) is 7.79. The van der Waals surface area contributed by atoms with Gasteiger partial charge in [-0.05, 0) is 42.7 Å². The number of amides is 1. The number of ether oxygens (including phenoxy) is 1. The molecule has 30 heavy (non-hydrogen) atoms. The lowest BCUT2D eigenvalue weighted by molar-refractivity contribution is 0.0885. The Kier molecular flexibility index (Phi) is 6.82. The van der Waals surface area contributed by atoms with Gasteiger partial charge in [-0.25, -0.2) is 8.42 Å². The van der Waals surface area contributed by atoms with Crippen LogP contribution < -0.4 is 10.1 Å². The Balaban J connectivity index is 1.96. The normalized spacial score (nSPS) is 19.9. The summed E-state index contributed by atoms with van der Waals surface area (Å²) >= 11 is 0. The number of aromatic nitrogens is 2. The molecule has 0 spiro atoms. The van der Waals surface area contributed by atoms with Gasteiger partial charge in [-0.2, -0.15) is 5.10 Å². The standard InChI is InChI=1S/C21H29N3O5S/c1-4-14(2)19(12-25)22-21(26)18-11-20(15-5-7-17(29-3)8-6-15)24(23-18)16-9-10-30(27,28)13-16/h5-8,11,14,16,19,25H,4,9-10,12-13H2,1-3H3,(H,22,26)/t14-,16-,19-/m1/s1. The van der Waals surface area contributed by atoms with E-state index in [1.54, 1.807) is 17.9 Å². The zero-order chi connectivity index (χ0) is 21.9. The first-order valence-electron chi connectivity index (χ1n) is 10.1. The van der Waals surface area contributed by atoms with Crippen LogP contribution in [-0.4, -0.2) is 60.5 Å². The van der Waals surface area contributed by atoms with E-state index < -0.39 is 9.84 Å². The molecule has 0 saturated carbocycles. The van der Waals surface area contributed by atoms with E-state index in [1.165, 1.54) is 0 Å². The SMILES string of the molecule is CC[C@@H](C)[C@@H](CO)NC(=O)c1cc(-c2ccc(OC)cc2)n([C@@H]2CCS(=O)(=O)C2)n1. The maximum atomic E-state index is 12.8. The third kappa shape index (κ3) is 4.84. The fraction of sp³-hybridized carbons (Fsp3) is 0.524. The lowest BCUT2D eigenvalue weighted by Crippen LogP contribution is -2.42. The maximum Gasteiger partial charge on any atom is 0.272 e. The molecule has 3 rings (SSSR count). The van der Waals surface area contributed by atoms with Gasteiger partial charge in [0.05, 0.1) is 43.0 Å². The number of carbonyl (C=O) groups excluding carboxylic acids is 1. The predicted octanol–water partition coefficient (Wildman–Crippen LogP) is 2.06. The molecule has 1 aliphatic heterocycles. The van der Waals surface area contributed by atoms with E-state index in [-0.39, 0.29) is 47.7 Å². The van der Waals surface area contributed by atoms with E-state index in [0.29, 0.717) is 17.9 Å². The molecule has 1 saturated heterocycles. The molecule has 0 radical (unpaired) electrons. The van der Waals surface area contributed by atoms with Gasteiger partial charge in [0.25, 0.3) is 5.91 Å².